The van der Waals surface area contributed by atoms with Crippen LogP contribution in [0.5, 0.6) is 0 Å². The third-order valence-electron chi connectivity index (χ3n) is 2.85. The average Bonchev–Trinajstić information content (AvgIpc) is 2.84. The molecule has 0 saturated carbocycles. The van der Waals surface area contributed by atoms with E-state index in [1.807, 2.05) is 0 Å². The quantitative estimate of drug-likeness (QED) is 0.823. The summed E-state index contributed by atoms with van der Waals surface area (Å²) in [5, 5.41) is 16.7. The van der Waals surface area contributed by atoms with E-state index in [0.717, 1.165) is 5.39 Å². The molecular weight excluding hydrogens is 333 g/mol. The Morgan fingerprint density at radius 2 is 1.83 bits per heavy atom. The molecule has 7 nitrogen and oxygen atoms in total. The number of hydrogen-bond donors (Lipinski definition) is 2. The van der Waals surface area contributed by atoms with Crippen molar-refractivity contribution < 1.29 is 37.8 Å². The van der Waals surface area contributed by atoms with Crippen LogP contribution in [0, 0.1) is 0 Å². The molecule has 0 radical (unpaired) electrons. The van der Waals surface area contributed by atoms with E-state index in [-0.39, 0.29) is 12.3 Å². The van der Waals surface area contributed by atoms with E-state index >= 15 is 0 Å². The minimum Gasteiger partial charge on any atom is -0.480 e. The van der Waals surface area contributed by atoms with Crippen LogP contribution in [0.3, 0.4) is 0 Å². The normalized spacial score (nSPS) is 10.8. The first-order chi connectivity index (χ1) is 11.1. The van der Waals surface area contributed by atoms with Crippen molar-refractivity contribution in [2.24, 2.45) is 0 Å². The standard InChI is InChI=1S/C12H12N2O3.C2HF3O2/c1-2-11(15)9-6-14(7-12(16)17)10-5-13-4-3-8(9)10;3-2(4,5)1(6)7/h3-6H,2,7H2,1H3,(H,16,17);(H,6,7). The number of hydrogen-bond acceptors (Lipinski definition) is 4. The molecule has 2 heterocycles. The zero-order chi connectivity index (χ0) is 18.5. The SMILES string of the molecule is CCC(=O)c1cn(CC(=O)O)c2cnccc12.O=C(O)C(F)(F)F. The fourth-order valence-electron chi connectivity index (χ4n) is 1.83. The van der Waals surface area contributed by atoms with Gasteiger partial charge in [0.1, 0.15) is 6.54 Å². The van der Waals surface area contributed by atoms with Crippen molar-refractivity contribution in [3.63, 3.8) is 0 Å². The first-order valence-electron chi connectivity index (χ1n) is 6.55. The zero-order valence-corrected chi connectivity index (χ0v) is 12.4. The Kier molecular flexibility index (Phi) is 6.04. The van der Waals surface area contributed by atoms with Gasteiger partial charge in [-0.15, -0.1) is 0 Å². The van der Waals surface area contributed by atoms with Gasteiger partial charge in [-0.25, -0.2) is 4.79 Å². The average molecular weight is 346 g/mol. The van der Waals surface area contributed by atoms with E-state index in [4.69, 9.17) is 15.0 Å². The molecule has 0 unspecified atom stereocenters. The molecule has 0 aliphatic rings. The molecule has 0 fully saturated rings. The molecule has 0 bridgehead atoms. The third kappa shape index (κ3) is 4.80. The number of nitrogens with zero attached hydrogens (tertiary/aromatic N) is 2. The predicted octanol–water partition coefficient (Wildman–Crippen LogP) is 2.35. The fraction of sp³-hybridized carbons (Fsp3) is 0.286. The van der Waals surface area contributed by atoms with E-state index in [1.54, 1.807) is 31.6 Å². The Hall–Kier alpha value is -2.91. The number of carbonyl (C=O) groups is 3. The monoisotopic (exact) mass is 346 g/mol. The second-order valence-corrected chi connectivity index (χ2v) is 4.54. The zero-order valence-electron chi connectivity index (χ0n) is 12.4. The van der Waals surface area contributed by atoms with E-state index in [0.29, 0.717) is 17.5 Å². The van der Waals surface area contributed by atoms with Gasteiger partial charge >= 0.3 is 18.1 Å². The van der Waals surface area contributed by atoms with Crippen LogP contribution >= 0.6 is 0 Å². The largest absolute Gasteiger partial charge is 0.490 e. The highest BCUT2D eigenvalue weighted by Crippen LogP contribution is 2.21. The summed E-state index contributed by atoms with van der Waals surface area (Å²) in [5.41, 5.74) is 1.23. The first-order valence-corrected chi connectivity index (χ1v) is 6.55. The molecule has 0 spiro atoms. The van der Waals surface area contributed by atoms with Gasteiger partial charge < -0.3 is 14.8 Å². The lowest BCUT2D eigenvalue weighted by molar-refractivity contribution is -0.192. The second kappa shape index (κ2) is 7.57. The lowest BCUT2D eigenvalue weighted by Crippen LogP contribution is -2.21. The fourth-order valence-corrected chi connectivity index (χ4v) is 1.83. The smallest absolute Gasteiger partial charge is 0.480 e. The molecule has 0 aliphatic carbocycles. The minimum absolute atomic E-state index is 0.00494. The van der Waals surface area contributed by atoms with Gasteiger partial charge in [0.25, 0.3) is 0 Å². The van der Waals surface area contributed by atoms with Gasteiger partial charge in [-0.2, -0.15) is 13.2 Å². The van der Waals surface area contributed by atoms with Crippen LogP contribution in [0.2, 0.25) is 0 Å². The van der Waals surface area contributed by atoms with Crippen LogP contribution in [0.1, 0.15) is 23.7 Å². The highest BCUT2D eigenvalue weighted by Gasteiger charge is 2.38. The van der Waals surface area contributed by atoms with E-state index in [2.05, 4.69) is 4.98 Å². The summed E-state index contributed by atoms with van der Waals surface area (Å²) >= 11 is 0. The van der Waals surface area contributed by atoms with Gasteiger partial charge in [-0.05, 0) is 6.07 Å². The maximum atomic E-state index is 11.7. The number of carboxylic acids is 2. The summed E-state index contributed by atoms with van der Waals surface area (Å²) in [6, 6.07) is 1.73. The van der Waals surface area contributed by atoms with E-state index in [9.17, 15) is 22.8 Å². The van der Waals surface area contributed by atoms with Gasteiger partial charge in [0, 0.05) is 29.8 Å². The number of aromatic nitrogens is 2. The number of fused-ring (bicyclic) bond motifs is 1. The van der Waals surface area contributed by atoms with Crippen LogP contribution in [0.15, 0.2) is 24.7 Å². The van der Waals surface area contributed by atoms with Crippen LogP contribution in [0.25, 0.3) is 10.9 Å². The van der Waals surface area contributed by atoms with Gasteiger partial charge in [0.05, 0.1) is 11.7 Å². The molecule has 2 aromatic heterocycles. The molecule has 130 valence electrons. The van der Waals surface area contributed by atoms with Crippen LogP contribution < -0.4 is 0 Å². The van der Waals surface area contributed by atoms with Gasteiger partial charge in [-0.3, -0.25) is 14.6 Å². The Labute approximate surface area is 133 Å². The molecule has 24 heavy (non-hydrogen) atoms. The molecule has 2 rings (SSSR count). The number of halogens is 3. The Balaban J connectivity index is 0.000000351. The van der Waals surface area contributed by atoms with Crippen molar-refractivity contribution in [1.29, 1.82) is 0 Å². The third-order valence-corrected chi connectivity index (χ3v) is 2.85. The maximum absolute atomic E-state index is 11.7. The van der Waals surface area contributed by atoms with Crippen molar-refractivity contribution in [2.75, 3.05) is 0 Å². The summed E-state index contributed by atoms with van der Waals surface area (Å²) in [4.78, 5) is 35.3. The van der Waals surface area contributed by atoms with Gasteiger partial charge in [-0.1, -0.05) is 6.92 Å². The van der Waals surface area contributed by atoms with Crippen LogP contribution in [0.4, 0.5) is 13.2 Å². The number of carbonyl (C=O) groups excluding carboxylic acids is 1. The summed E-state index contributed by atoms with van der Waals surface area (Å²) in [6.07, 6.45) is 0.0748. The summed E-state index contributed by atoms with van der Waals surface area (Å²) in [5.74, 6) is -3.70. The van der Waals surface area contributed by atoms with E-state index < -0.39 is 18.1 Å². The molecule has 0 atom stereocenters. The summed E-state index contributed by atoms with van der Waals surface area (Å²) in [7, 11) is 0. The number of Topliss-reactive ketones (excluding diaryl/α,β-unsaturated/α-hetero) is 1. The van der Waals surface area contributed by atoms with Crippen molar-refractivity contribution in [2.45, 2.75) is 26.1 Å². The molecule has 0 aromatic carbocycles. The lowest BCUT2D eigenvalue weighted by Gasteiger charge is -1.98. The van der Waals surface area contributed by atoms with Gasteiger partial charge in [0.15, 0.2) is 5.78 Å². The van der Waals surface area contributed by atoms with Crippen LogP contribution in [-0.2, 0) is 16.1 Å². The van der Waals surface area contributed by atoms with Crippen molar-refractivity contribution >= 4 is 28.6 Å². The van der Waals surface area contributed by atoms with Crippen molar-refractivity contribution in [3.8, 4) is 0 Å². The minimum atomic E-state index is -5.08. The van der Waals surface area contributed by atoms with Crippen LogP contribution in [-0.4, -0.2) is 43.7 Å². The Morgan fingerprint density at radius 3 is 2.29 bits per heavy atom. The highest BCUT2D eigenvalue weighted by molar-refractivity contribution is 6.07. The molecule has 0 aliphatic heterocycles. The molecule has 2 N–H and O–H groups in total. The topological polar surface area (TPSA) is 109 Å². The highest BCUT2D eigenvalue weighted by atomic mass is 19.4. The van der Waals surface area contributed by atoms with E-state index in [1.165, 1.54) is 4.57 Å². The van der Waals surface area contributed by atoms with Crippen molar-refractivity contribution in [3.05, 3.63) is 30.2 Å². The van der Waals surface area contributed by atoms with Gasteiger partial charge in [0.2, 0.25) is 0 Å². The second-order valence-electron chi connectivity index (χ2n) is 4.54. The number of aliphatic carboxylic acids is 2. The summed E-state index contributed by atoms with van der Waals surface area (Å²) in [6.45, 7) is 1.61. The Morgan fingerprint density at radius 1 is 1.25 bits per heavy atom. The number of ketones is 1. The molecule has 10 heteroatoms. The number of alkyl halides is 3. The molecule has 2 aromatic rings. The summed E-state index contributed by atoms with van der Waals surface area (Å²) < 4.78 is 33.3. The first kappa shape index (κ1) is 19.1. The lowest BCUT2D eigenvalue weighted by atomic mass is 10.1. The molecule has 0 saturated heterocycles. The molecule has 0 amide bonds. The van der Waals surface area contributed by atoms with Crippen molar-refractivity contribution in [1.82, 2.24) is 9.55 Å². The number of carboxylic acid groups (broad SMARTS) is 2. The number of rotatable bonds is 4. The molecular formula is C14H13F3N2O5. The maximum Gasteiger partial charge on any atom is 0.490 e. The predicted molar refractivity (Wildman–Crippen MR) is 75.7 cm³/mol. The Bertz CT molecular complexity index is 767. The number of pyridine rings is 1.